The second-order valence-corrected chi connectivity index (χ2v) is 4.90. The molecule has 0 unspecified atom stereocenters. The van der Waals surface area contributed by atoms with Gasteiger partial charge in [-0.2, -0.15) is 5.10 Å². The molecule has 0 aliphatic carbocycles. The molecule has 0 atom stereocenters. The minimum Gasteiger partial charge on any atom is -0.459 e. The van der Waals surface area contributed by atoms with Gasteiger partial charge in [0.05, 0.1) is 11.7 Å². The molecule has 4 nitrogen and oxygen atoms in total. The molecule has 0 saturated heterocycles. The Morgan fingerprint density at radius 2 is 2.00 bits per heavy atom. The number of ether oxygens (including phenoxy) is 1. The van der Waals surface area contributed by atoms with Gasteiger partial charge in [-0.3, -0.25) is 4.68 Å². The summed E-state index contributed by atoms with van der Waals surface area (Å²) in [5.74, 6) is -0.315. The Morgan fingerprint density at radius 1 is 1.28 bits per heavy atom. The first-order valence-electron chi connectivity index (χ1n) is 6.18. The average molecular weight is 246 g/mol. The van der Waals surface area contributed by atoms with E-state index in [1.807, 2.05) is 36.9 Å². The molecular weight excluding hydrogens is 228 g/mol. The van der Waals surface area contributed by atoms with Crippen LogP contribution >= 0.6 is 0 Å². The van der Waals surface area contributed by atoms with E-state index in [1.54, 1.807) is 6.07 Å². The zero-order valence-corrected chi connectivity index (χ0v) is 11.2. The van der Waals surface area contributed by atoms with E-state index in [4.69, 9.17) is 4.74 Å². The molecule has 1 aromatic heterocycles. The average Bonchev–Trinajstić information content (AvgIpc) is 2.71. The molecule has 2 rings (SSSR count). The second kappa shape index (κ2) is 4.80. The van der Waals surface area contributed by atoms with Gasteiger partial charge in [-0.15, -0.1) is 0 Å². The summed E-state index contributed by atoms with van der Waals surface area (Å²) >= 11 is 0. The van der Waals surface area contributed by atoms with Crippen LogP contribution in [0.5, 0.6) is 0 Å². The number of fused-ring (bicyclic) bond motifs is 1. The fourth-order valence-corrected chi connectivity index (χ4v) is 1.77. The van der Waals surface area contributed by atoms with Crippen LogP contribution in [0.2, 0.25) is 0 Å². The van der Waals surface area contributed by atoms with Gasteiger partial charge in [-0.1, -0.05) is 12.1 Å². The highest BCUT2D eigenvalue weighted by molar-refractivity contribution is 6.02. The van der Waals surface area contributed by atoms with Gasteiger partial charge in [0.2, 0.25) is 0 Å². The van der Waals surface area contributed by atoms with Gasteiger partial charge in [0.15, 0.2) is 0 Å². The summed E-state index contributed by atoms with van der Waals surface area (Å²) in [6.45, 7) is 7.78. The van der Waals surface area contributed by atoms with Crippen molar-refractivity contribution in [1.82, 2.24) is 9.78 Å². The molecule has 0 fully saturated rings. The first-order chi connectivity index (χ1) is 8.49. The van der Waals surface area contributed by atoms with Crippen molar-refractivity contribution in [3.8, 4) is 0 Å². The molecule has 1 heterocycles. The van der Waals surface area contributed by atoms with Gasteiger partial charge in [0, 0.05) is 17.6 Å². The van der Waals surface area contributed by atoms with Crippen molar-refractivity contribution >= 4 is 16.9 Å². The smallest absolute Gasteiger partial charge is 0.340 e. The Hall–Kier alpha value is -1.84. The third kappa shape index (κ3) is 2.37. The molecule has 0 aliphatic heterocycles. The van der Waals surface area contributed by atoms with E-state index in [0.717, 1.165) is 5.39 Å². The molecule has 0 N–H and O–H groups in total. The standard InChI is InChI=1S/C14H18N2O2/c1-9(2)16-8-11-6-5-7-12(13(11)15-16)14(17)18-10(3)4/h5-10H,1-4H3. The molecule has 2 aromatic rings. The van der Waals surface area contributed by atoms with Crippen LogP contribution in [0.15, 0.2) is 24.4 Å². The zero-order chi connectivity index (χ0) is 13.3. The Morgan fingerprint density at radius 3 is 2.61 bits per heavy atom. The number of carbonyl (C=O) groups is 1. The molecule has 0 spiro atoms. The fourth-order valence-electron chi connectivity index (χ4n) is 1.77. The molecule has 1 aromatic carbocycles. The molecule has 0 aliphatic rings. The SMILES string of the molecule is CC(C)OC(=O)c1cccc2cn(C(C)C)nc12. The van der Waals surface area contributed by atoms with Crippen LogP contribution in [0, 0.1) is 0 Å². The van der Waals surface area contributed by atoms with Crippen molar-refractivity contribution < 1.29 is 9.53 Å². The van der Waals surface area contributed by atoms with Crippen LogP contribution in [-0.2, 0) is 4.74 Å². The van der Waals surface area contributed by atoms with E-state index in [-0.39, 0.29) is 18.1 Å². The first kappa shape index (κ1) is 12.6. The monoisotopic (exact) mass is 246 g/mol. The highest BCUT2D eigenvalue weighted by Crippen LogP contribution is 2.20. The maximum atomic E-state index is 12.0. The summed E-state index contributed by atoms with van der Waals surface area (Å²) in [6, 6.07) is 5.83. The minimum absolute atomic E-state index is 0.125. The predicted octanol–water partition coefficient (Wildman–Crippen LogP) is 3.18. The lowest BCUT2D eigenvalue weighted by Crippen LogP contribution is -2.12. The lowest BCUT2D eigenvalue weighted by Gasteiger charge is -2.08. The Bertz CT molecular complexity index is 570. The number of nitrogens with zero attached hydrogens (tertiary/aromatic N) is 2. The third-order valence-electron chi connectivity index (χ3n) is 2.65. The predicted molar refractivity (Wildman–Crippen MR) is 70.7 cm³/mol. The number of esters is 1. The van der Waals surface area contributed by atoms with Gasteiger partial charge in [-0.25, -0.2) is 4.79 Å². The lowest BCUT2D eigenvalue weighted by molar-refractivity contribution is 0.0380. The van der Waals surface area contributed by atoms with Gasteiger partial charge in [-0.05, 0) is 33.8 Å². The van der Waals surface area contributed by atoms with E-state index in [9.17, 15) is 4.79 Å². The molecule has 18 heavy (non-hydrogen) atoms. The van der Waals surface area contributed by atoms with Crippen molar-refractivity contribution in [2.24, 2.45) is 0 Å². The quantitative estimate of drug-likeness (QED) is 0.781. The summed E-state index contributed by atoms with van der Waals surface area (Å²) < 4.78 is 7.08. The lowest BCUT2D eigenvalue weighted by atomic mass is 10.1. The molecule has 96 valence electrons. The summed E-state index contributed by atoms with van der Waals surface area (Å²) in [7, 11) is 0. The largest absolute Gasteiger partial charge is 0.459 e. The minimum atomic E-state index is -0.315. The number of carbonyl (C=O) groups excluding carboxylic acids is 1. The number of hydrogen-bond acceptors (Lipinski definition) is 3. The molecule has 0 amide bonds. The van der Waals surface area contributed by atoms with E-state index in [1.165, 1.54) is 0 Å². The highest BCUT2D eigenvalue weighted by atomic mass is 16.5. The number of rotatable bonds is 3. The summed E-state index contributed by atoms with van der Waals surface area (Å²) in [5, 5.41) is 5.42. The van der Waals surface area contributed by atoms with Gasteiger partial charge in [0.1, 0.15) is 5.52 Å². The van der Waals surface area contributed by atoms with E-state index >= 15 is 0 Å². The van der Waals surface area contributed by atoms with E-state index < -0.39 is 0 Å². The Balaban J connectivity index is 2.47. The molecule has 4 heteroatoms. The van der Waals surface area contributed by atoms with Crippen LogP contribution in [-0.4, -0.2) is 21.9 Å². The van der Waals surface area contributed by atoms with E-state index in [2.05, 4.69) is 18.9 Å². The first-order valence-corrected chi connectivity index (χ1v) is 6.18. The molecule has 0 saturated carbocycles. The van der Waals surface area contributed by atoms with E-state index in [0.29, 0.717) is 11.1 Å². The molecule has 0 bridgehead atoms. The maximum Gasteiger partial charge on any atom is 0.340 e. The molecular formula is C14H18N2O2. The number of aromatic nitrogens is 2. The fraction of sp³-hybridized carbons (Fsp3) is 0.429. The van der Waals surface area contributed by atoms with Gasteiger partial charge >= 0.3 is 5.97 Å². The highest BCUT2D eigenvalue weighted by Gasteiger charge is 2.15. The topological polar surface area (TPSA) is 44.1 Å². The van der Waals surface area contributed by atoms with Crippen LogP contribution in [0.4, 0.5) is 0 Å². The normalized spacial score (nSPS) is 11.4. The maximum absolute atomic E-state index is 12.0. The van der Waals surface area contributed by atoms with Gasteiger partial charge in [0.25, 0.3) is 0 Å². The van der Waals surface area contributed by atoms with Crippen molar-refractivity contribution in [2.75, 3.05) is 0 Å². The number of hydrogen-bond donors (Lipinski definition) is 0. The van der Waals surface area contributed by atoms with Crippen molar-refractivity contribution in [3.63, 3.8) is 0 Å². The summed E-state index contributed by atoms with van der Waals surface area (Å²) in [5.41, 5.74) is 1.23. The van der Waals surface area contributed by atoms with Crippen LogP contribution < -0.4 is 0 Å². The Labute approximate surface area is 107 Å². The van der Waals surface area contributed by atoms with Gasteiger partial charge < -0.3 is 4.74 Å². The summed E-state index contributed by atoms with van der Waals surface area (Å²) in [4.78, 5) is 12.0. The van der Waals surface area contributed by atoms with Crippen molar-refractivity contribution in [2.45, 2.75) is 39.8 Å². The summed E-state index contributed by atoms with van der Waals surface area (Å²) in [6.07, 6.45) is 1.83. The third-order valence-corrected chi connectivity index (χ3v) is 2.65. The van der Waals surface area contributed by atoms with Crippen LogP contribution in [0.3, 0.4) is 0 Å². The number of benzene rings is 1. The molecule has 0 radical (unpaired) electrons. The van der Waals surface area contributed by atoms with Crippen LogP contribution in [0.1, 0.15) is 44.1 Å². The van der Waals surface area contributed by atoms with Crippen molar-refractivity contribution in [3.05, 3.63) is 30.0 Å². The Kier molecular flexibility index (Phi) is 3.36. The second-order valence-electron chi connectivity index (χ2n) is 4.90. The zero-order valence-electron chi connectivity index (χ0n) is 11.2. The van der Waals surface area contributed by atoms with Crippen molar-refractivity contribution in [1.29, 1.82) is 0 Å². The van der Waals surface area contributed by atoms with Crippen LogP contribution in [0.25, 0.3) is 10.9 Å².